The quantitative estimate of drug-likeness (QED) is 0.884. The molecule has 3 rings (SSSR count). The Labute approximate surface area is 104 Å². The van der Waals surface area contributed by atoms with Crippen LogP contribution in [0.1, 0.15) is 12.8 Å². The number of anilines is 2. The molecule has 17 heavy (non-hydrogen) atoms. The third kappa shape index (κ3) is 2.10. The lowest BCUT2D eigenvalue weighted by Crippen LogP contribution is -2.17. The van der Waals surface area contributed by atoms with Crippen LogP contribution in [0.3, 0.4) is 0 Å². The molecule has 1 aromatic carbocycles. The molecule has 2 N–H and O–H groups in total. The van der Waals surface area contributed by atoms with Gasteiger partial charge in [-0.25, -0.2) is 0 Å². The summed E-state index contributed by atoms with van der Waals surface area (Å²) in [5.41, 5.74) is 7.96. The number of nitrogen functional groups attached to an aromatic ring is 1. The zero-order chi connectivity index (χ0) is 11.7. The number of hydrogen-bond acceptors (Lipinski definition) is 5. The molecule has 0 aliphatic carbocycles. The van der Waals surface area contributed by atoms with Crippen LogP contribution in [-0.2, 0) is 0 Å². The first-order valence-corrected chi connectivity index (χ1v) is 6.59. The van der Waals surface area contributed by atoms with Crippen molar-refractivity contribution in [2.24, 2.45) is 0 Å². The molecule has 4 nitrogen and oxygen atoms in total. The van der Waals surface area contributed by atoms with Gasteiger partial charge in [0.25, 0.3) is 0 Å². The molecule has 1 aliphatic rings. The lowest BCUT2D eigenvalue weighted by atomic mass is 10.2. The molecule has 0 spiro atoms. The van der Waals surface area contributed by atoms with Crippen LogP contribution in [-0.4, -0.2) is 23.3 Å². The van der Waals surface area contributed by atoms with Gasteiger partial charge in [0.1, 0.15) is 5.01 Å². The second-order valence-electron chi connectivity index (χ2n) is 4.19. The third-order valence-electron chi connectivity index (χ3n) is 3.03. The van der Waals surface area contributed by atoms with Gasteiger partial charge in [-0.05, 0) is 37.1 Å². The van der Waals surface area contributed by atoms with Gasteiger partial charge >= 0.3 is 0 Å². The van der Waals surface area contributed by atoms with Crippen molar-refractivity contribution < 1.29 is 0 Å². The topological polar surface area (TPSA) is 55.0 Å². The van der Waals surface area contributed by atoms with Crippen LogP contribution >= 0.6 is 11.3 Å². The van der Waals surface area contributed by atoms with Crippen molar-refractivity contribution in [3.63, 3.8) is 0 Å². The van der Waals surface area contributed by atoms with E-state index in [9.17, 15) is 0 Å². The van der Waals surface area contributed by atoms with Gasteiger partial charge in [0.2, 0.25) is 5.13 Å². The number of nitrogens with two attached hydrogens (primary N) is 1. The van der Waals surface area contributed by atoms with Crippen molar-refractivity contribution in [2.75, 3.05) is 23.7 Å². The lowest BCUT2D eigenvalue weighted by molar-refractivity contribution is 0.949. The normalized spacial score (nSPS) is 15.4. The summed E-state index contributed by atoms with van der Waals surface area (Å²) in [5, 5.41) is 9.27. The molecule has 0 saturated carbocycles. The van der Waals surface area contributed by atoms with Crippen LogP contribution in [0, 0.1) is 0 Å². The molecule has 0 atom stereocenters. The smallest absolute Gasteiger partial charge is 0.203 e. The van der Waals surface area contributed by atoms with Crippen molar-refractivity contribution in [2.45, 2.75) is 12.8 Å². The van der Waals surface area contributed by atoms with E-state index in [4.69, 9.17) is 5.73 Å². The maximum Gasteiger partial charge on any atom is 0.203 e. The van der Waals surface area contributed by atoms with Crippen molar-refractivity contribution in [3.05, 3.63) is 24.3 Å². The van der Waals surface area contributed by atoms with Gasteiger partial charge < -0.3 is 10.6 Å². The molecule has 88 valence electrons. The zero-order valence-corrected chi connectivity index (χ0v) is 10.3. The molecular formula is C12H14N4S. The summed E-state index contributed by atoms with van der Waals surface area (Å²) in [7, 11) is 0. The fourth-order valence-corrected chi connectivity index (χ4v) is 2.76. The monoisotopic (exact) mass is 246 g/mol. The van der Waals surface area contributed by atoms with Crippen LogP contribution in [0.5, 0.6) is 0 Å². The Hall–Kier alpha value is -1.62. The third-order valence-corrected chi connectivity index (χ3v) is 3.83. The van der Waals surface area contributed by atoms with Gasteiger partial charge in [-0.15, -0.1) is 10.2 Å². The molecule has 2 heterocycles. The maximum atomic E-state index is 5.58. The van der Waals surface area contributed by atoms with E-state index in [1.165, 1.54) is 43.0 Å². The molecule has 1 saturated heterocycles. The molecule has 1 aromatic heterocycles. The molecule has 0 radical (unpaired) electrons. The highest BCUT2D eigenvalue weighted by Gasteiger charge is 2.12. The second-order valence-corrected chi connectivity index (χ2v) is 5.20. The van der Waals surface area contributed by atoms with Crippen molar-refractivity contribution >= 4 is 22.2 Å². The van der Waals surface area contributed by atoms with Gasteiger partial charge in [-0.2, -0.15) is 0 Å². The second kappa shape index (κ2) is 4.33. The molecule has 1 aliphatic heterocycles. The first kappa shape index (κ1) is 10.5. The molecule has 0 bridgehead atoms. The number of aromatic nitrogens is 2. The Morgan fingerprint density at radius 1 is 1.06 bits per heavy atom. The molecule has 5 heteroatoms. The highest BCUT2D eigenvalue weighted by Crippen LogP contribution is 2.27. The van der Waals surface area contributed by atoms with Crippen LogP contribution in [0.25, 0.3) is 10.6 Å². The summed E-state index contributed by atoms with van der Waals surface area (Å²) in [5.74, 6) is 0. The number of hydrogen-bond donors (Lipinski definition) is 1. The fraction of sp³-hybridized carbons (Fsp3) is 0.333. The van der Waals surface area contributed by atoms with Crippen molar-refractivity contribution in [3.8, 4) is 10.6 Å². The Morgan fingerprint density at radius 2 is 1.76 bits per heavy atom. The first-order chi connectivity index (χ1) is 8.33. The zero-order valence-electron chi connectivity index (χ0n) is 9.47. The highest BCUT2D eigenvalue weighted by molar-refractivity contribution is 7.18. The van der Waals surface area contributed by atoms with Crippen LogP contribution in [0.2, 0.25) is 0 Å². The van der Waals surface area contributed by atoms with Gasteiger partial charge in [0, 0.05) is 24.3 Å². The fourth-order valence-electron chi connectivity index (χ4n) is 2.14. The van der Waals surface area contributed by atoms with Crippen molar-refractivity contribution in [1.82, 2.24) is 10.2 Å². The molecule has 0 unspecified atom stereocenters. The van der Waals surface area contributed by atoms with E-state index in [0.717, 1.165) is 10.6 Å². The average molecular weight is 246 g/mol. The van der Waals surface area contributed by atoms with E-state index in [-0.39, 0.29) is 0 Å². The van der Waals surface area contributed by atoms with Crippen LogP contribution < -0.4 is 10.6 Å². The minimum absolute atomic E-state index is 0.517. The van der Waals surface area contributed by atoms with E-state index < -0.39 is 0 Å². The van der Waals surface area contributed by atoms with Crippen LogP contribution in [0.4, 0.5) is 10.8 Å². The first-order valence-electron chi connectivity index (χ1n) is 5.77. The molecule has 1 fully saturated rings. The molecular weight excluding hydrogens is 232 g/mol. The Morgan fingerprint density at radius 3 is 2.35 bits per heavy atom. The van der Waals surface area contributed by atoms with E-state index in [1.54, 1.807) is 0 Å². The number of nitrogens with zero attached hydrogens (tertiary/aromatic N) is 3. The lowest BCUT2D eigenvalue weighted by Gasteiger charge is -2.17. The summed E-state index contributed by atoms with van der Waals surface area (Å²) in [6.45, 7) is 2.34. The maximum absolute atomic E-state index is 5.58. The molecule has 0 amide bonds. The van der Waals surface area contributed by atoms with Gasteiger partial charge in [0.05, 0.1) is 0 Å². The number of rotatable bonds is 2. The largest absolute Gasteiger partial charge is 0.374 e. The molecule has 2 aromatic rings. The van der Waals surface area contributed by atoms with Gasteiger partial charge in [-0.1, -0.05) is 11.3 Å². The standard InChI is InChI=1S/C12H14N4S/c13-12-15-14-11(17-12)9-3-5-10(6-4-9)16-7-1-2-8-16/h3-6H,1-2,7-8H2,(H2,13,15). The summed E-state index contributed by atoms with van der Waals surface area (Å²) in [4.78, 5) is 2.41. The van der Waals surface area contributed by atoms with Crippen molar-refractivity contribution in [1.29, 1.82) is 0 Å². The summed E-state index contributed by atoms with van der Waals surface area (Å²) in [6, 6.07) is 8.48. The van der Waals surface area contributed by atoms with Crippen LogP contribution in [0.15, 0.2) is 24.3 Å². The van der Waals surface area contributed by atoms with E-state index in [0.29, 0.717) is 5.13 Å². The SMILES string of the molecule is Nc1nnc(-c2ccc(N3CCCC3)cc2)s1. The van der Waals surface area contributed by atoms with Gasteiger partial charge in [0.15, 0.2) is 0 Å². The predicted octanol–water partition coefficient (Wildman–Crippen LogP) is 2.39. The Bertz CT molecular complexity index is 499. The predicted molar refractivity (Wildman–Crippen MR) is 71.2 cm³/mol. The summed E-state index contributed by atoms with van der Waals surface area (Å²) < 4.78 is 0. The minimum atomic E-state index is 0.517. The van der Waals surface area contributed by atoms with E-state index in [1.807, 2.05) is 0 Å². The Kier molecular flexibility index (Phi) is 2.68. The summed E-state index contributed by atoms with van der Waals surface area (Å²) in [6.07, 6.45) is 2.60. The van der Waals surface area contributed by atoms with Gasteiger partial charge in [-0.3, -0.25) is 0 Å². The minimum Gasteiger partial charge on any atom is -0.374 e. The van der Waals surface area contributed by atoms with E-state index >= 15 is 0 Å². The highest BCUT2D eigenvalue weighted by atomic mass is 32.1. The number of benzene rings is 1. The Balaban J connectivity index is 1.84. The summed E-state index contributed by atoms with van der Waals surface area (Å²) >= 11 is 1.42. The average Bonchev–Trinajstić information content (AvgIpc) is 3.00. The van der Waals surface area contributed by atoms with E-state index in [2.05, 4.69) is 39.4 Å².